The molecule has 18 heteroatoms. The summed E-state index contributed by atoms with van der Waals surface area (Å²) >= 11 is 0. The van der Waals surface area contributed by atoms with Gasteiger partial charge in [0.1, 0.15) is 12.1 Å². The minimum Gasteiger partial charge on any atom is -0.481 e. The normalized spacial score (nSPS) is 14.7. The number of hydrogen-bond donors (Lipinski definition) is 6. The van der Waals surface area contributed by atoms with Crippen LogP contribution in [0.3, 0.4) is 0 Å². The second-order valence-electron chi connectivity index (χ2n) is 10.2. The first kappa shape index (κ1) is 37.1. The third-order valence-electron chi connectivity index (χ3n) is 6.54. The minimum atomic E-state index is -3.94. The van der Waals surface area contributed by atoms with Crippen molar-refractivity contribution in [2.75, 3.05) is 25.0 Å². The van der Waals surface area contributed by atoms with Crippen molar-refractivity contribution >= 4 is 51.0 Å². The van der Waals surface area contributed by atoms with Gasteiger partial charge < -0.3 is 32.1 Å². The number of nitrogens with one attached hydrogen (secondary N) is 3. The zero-order chi connectivity index (χ0) is 34.4. The highest BCUT2D eigenvalue weighted by atomic mass is 32.2. The fraction of sp³-hybridized carbons (Fsp3) is 0.393. The Balaban J connectivity index is 0.00000173. The van der Waals surface area contributed by atoms with Crippen molar-refractivity contribution in [1.82, 2.24) is 14.9 Å². The molecule has 0 aromatic heterocycles. The van der Waals surface area contributed by atoms with Crippen molar-refractivity contribution < 1.29 is 37.6 Å². The Morgan fingerprint density at radius 3 is 2.28 bits per heavy atom. The first-order valence-electron chi connectivity index (χ1n) is 14.1. The Bertz CT molecular complexity index is 1520. The number of anilines is 1. The van der Waals surface area contributed by atoms with Gasteiger partial charge in [-0.2, -0.15) is 0 Å². The summed E-state index contributed by atoms with van der Waals surface area (Å²) in [5.74, 6) is -2.69. The van der Waals surface area contributed by atoms with Crippen LogP contribution in [0.5, 0.6) is 0 Å². The summed E-state index contributed by atoms with van der Waals surface area (Å²) in [5.41, 5.74) is 11.7. The Morgan fingerprint density at radius 1 is 1.11 bits per heavy atom. The minimum absolute atomic E-state index is 0.0132. The Hall–Kier alpha value is -5.10. The largest absolute Gasteiger partial charge is 0.481 e. The first-order chi connectivity index (χ1) is 21.6. The molecule has 250 valence electrons. The van der Waals surface area contributed by atoms with Crippen LogP contribution >= 0.6 is 0 Å². The number of nitro groups is 1. The SMILES string of the molecule is CC(=O)O.Cc1ccc(S(=O)(=O)NCC(=O)N2CCCC2C(=O)NC(CCCN=C(N)N)C(=O)Nc2ccc([N+](=O)[O-])cc2)cc1. The maximum absolute atomic E-state index is 13.3. The molecule has 0 aliphatic carbocycles. The number of guanidine groups is 1. The zero-order valence-electron chi connectivity index (χ0n) is 25.3. The van der Waals surface area contributed by atoms with E-state index in [1.54, 1.807) is 12.1 Å². The molecule has 2 aromatic rings. The predicted octanol–water partition coefficient (Wildman–Crippen LogP) is 0.441. The summed E-state index contributed by atoms with van der Waals surface area (Å²) in [6, 6.07) is 9.40. The molecule has 3 amide bonds. The maximum atomic E-state index is 13.3. The molecular weight excluding hydrogens is 624 g/mol. The van der Waals surface area contributed by atoms with E-state index < -0.39 is 57.3 Å². The second kappa shape index (κ2) is 17.4. The standard InChI is InChI=1S/C26H34N8O7S.C2H4O2/c1-17-6-12-20(13-7-17)42(40,41)30-16-23(35)33-15-3-5-22(33)25(37)32-21(4-2-14-29-26(27)28)24(36)31-18-8-10-19(11-9-18)34(38)39;1-2(3)4/h6-13,21-22,30H,2-5,14-16H2,1H3,(H,31,36)(H,32,37)(H4,27,28,29);1H3,(H,3,4). The highest BCUT2D eigenvalue weighted by Crippen LogP contribution is 2.20. The number of amides is 3. The monoisotopic (exact) mass is 662 g/mol. The lowest BCUT2D eigenvalue weighted by Crippen LogP contribution is -2.53. The van der Waals surface area contributed by atoms with Crippen LogP contribution in [0.4, 0.5) is 11.4 Å². The van der Waals surface area contributed by atoms with Crippen LogP contribution in [0.2, 0.25) is 0 Å². The van der Waals surface area contributed by atoms with E-state index in [0.29, 0.717) is 19.3 Å². The van der Waals surface area contributed by atoms with E-state index in [0.717, 1.165) is 12.5 Å². The Labute approximate surface area is 265 Å². The lowest BCUT2D eigenvalue weighted by Gasteiger charge is -2.26. The number of aliphatic imine (C=N–C) groups is 1. The smallest absolute Gasteiger partial charge is 0.300 e. The molecule has 0 bridgehead atoms. The quantitative estimate of drug-likeness (QED) is 0.0563. The predicted molar refractivity (Wildman–Crippen MR) is 168 cm³/mol. The van der Waals surface area contributed by atoms with E-state index in [2.05, 4.69) is 20.3 Å². The maximum Gasteiger partial charge on any atom is 0.300 e. The van der Waals surface area contributed by atoms with E-state index in [9.17, 15) is 32.9 Å². The van der Waals surface area contributed by atoms with Crippen molar-refractivity contribution in [3.63, 3.8) is 0 Å². The van der Waals surface area contributed by atoms with Crippen LogP contribution in [0.15, 0.2) is 58.4 Å². The number of likely N-dealkylation sites (tertiary alicyclic amines) is 1. The molecule has 3 rings (SSSR count). The molecule has 0 radical (unpaired) electrons. The molecule has 1 heterocycles. The van der Waals surface area contributed by atoms with Gasteiger partial charge in [-0.05, 0) is 56.9 Å². The third-order valence-corrected chi connectivity index (χ3v) is 7.96. The van der Waals surface area contributed by atoms with Crippen molar-refractivity contribution in [2.45, 2.75) is 56.5 Å². The molecule has 2 unspecified atom stereocenters. The zero-order valence-corrected chi connectivity index (χ0v) is 26.2. The third kappa shape index (κ3) is 12.1. The fourth-order valence-electron chi connectivity index (χ4n) is 4.33. The number of benzene rings is 2. The van der Waals surface area contributed by atoms with Crippen molar-refractivity contribution in [3.05, 3.63) is 64.2 Å². The molecule has 0 spiro atoms. The van der Waals surface area contributed by atoms with Gasteiger partial charge in [0.05, 0.1) is 16.4 Å². The van der Waals surface area contributed by atoms with Gasteiger partial charge in [-0.3, -0.25) is 34.3 Å². The summed E-state index contributed by atoms with van der Waals surface area (Å²) in [6.07, 6.45) is 1.33. The van der Waals surface area contributed by atoms with Crippen molar-refractivity contribution in [2.24, 2.45) is 16.5 Å². The van der Waals surface area contributed by atoms with Gasteiger partial charge in [-0.25, -0.2) is 13.1 Å². The summed E-state index contributed by atoms with van der Waals surface area (Å²) in [4.78, 5) is 63.8. The van der Waals surface area contributed by atoms with E-state index in [4.69, 9.17) is 21.4 Å². The van der Waals surface area contributed by atoms with Crippen LogP contribution in [0.25, 0.3) is 0 Å². The van der Waals surface area contributed by atoms with Gasteiger partial charge in [0, 0.05) is 37.8 Å². The summed E-state index contributed by atoms with van der Waals surface area (Å²) in [5, 5.41) is 23.6. The van der Waals surface area contributed by atoms with E-state index in [1.165, 1.54) is 41.3 Å². The first-order valence-corrected chi connectivity index (χ1v) is 15.6. The van der Waals surface area contributed by atoms with Gasteiger partial charge >= 0.3 is 0 Å². The number of carboxylic acids is 1. The molecule has 2 aromatic carbocycles. The molecule has 1 aliphatic rings. The average molecular weight is 663 g/mol. The summed E-state index contributed by atoms with van der Waals surface area (Å²) in [6.45, 7) is 2.81. The van der Waals surface area contributed by atoms with Gasteiger partial charge in [-0.1, -0.05) is 17.7 Å². The van der Waals surface area contributed by atoms with Crippen LogP contribution in [-0.2, 0) is 29.2 Å². The molecule has 17 nitrogen and oxygen atoms in total. The lowest BCUT2D eigenvalue weighted by atomic mass is 10.1. The lowest BCUT2D eigenvalue weighted by molar-refractivity contribution is -0.384. The van der Waals surface area contributed by atoms with E-state index in [1.807, 2.05) is 6.92 Å². The number of carbonyl (C=O) groups excluding carboxylic acids is 3. The topological polar surface area (TPSA) is 270 Å². The summed E-state index contributed by atoms with van der Waals surface area (Å²) < 4.78 is 27.5. The number of carbonyl (C=O) groups is 4. The summed E-state index contributed by atoms with van der Waals surface area (Å²) in [7, 11) is -3.94. The van der Waals surface area contributed by atoms with Gasteiger partial charge in [0.25, 0.3) is 11.7 Å². The number of hydrogen-bond acceptors (Lipinski definition) is 9. The van der Waals surface area contributed by atoms with Crippen LogP contribution in [-0.4, -0.2) is 84.7 Å². The van der Waals surface area contributed by atoms with Gasteiger partial charge in [0.2, 0.25) is 27.7 Å². The number of rotatable bonds is 13. The molecule has 8 N–H and O–H groups in total. The van der Waals surface area contributed by atoms with Crippen LogP contribution in [0.1, 0.15) is 38.2 Å². The molecule has 2 atom stereocenters. The number of aliphatic carboxylic acids is 1. The highest BCUT2D eigenvalue weighted by Gasteiger charge is 2.36. The van der Waals surface area contributed by atoms with Crippen molar-refractivity contribution in [1.29, 1.82) is 0 Å². The molecule has 46 heavy (non-hydrogen) atoms. The average Bonchev–Trinajstić information content (AvgIpc) is 3.48. The van der Waals surface area contributed by atoms with Gasteiger partial charge in [-0.15, -0.1) is 0 Å². The molecule has 0 saturated carbocycles. The molecule has 1 fully saturated rings. The van der Waals surface area contributed by atoms with E-state index >= 15 is 0 Å². The number of nitrogens with two attached hydrogens (primary N) is 2. The van der Waals surface area contributed by atoms with Gasteiger partial charge in [0.15, 0.2) is 5.96 Å². The molecular formula is C28H38N8O9S. The molecule has 1 aliphatic heterocycles. The Morgan fingerprint density at radius 2 is 1.72 bits per heavy atom. The van der Waals surface area contributed by atoms with E-state index in [-0.39, 0.29) is 41.7 Å². The Kier molecular flexibility index (Phi) is 14.0. The molecule has 1 saturated heterocycles. The number of carboxylic acid groups (broad SMARTS) is 1. The number of nitrogens with zero attached hydrogens (tertiary/aromatic N) is 3. The van der Waals surface area contributed by atoms with Crippen LogP contribution in [0, 0.1) is 17.0 Å². The highest BCUT2D eigenvalue weighted by molar-refractivity contribution is 7.89. The number of aryl methyl sites for hydroxylation is 1. The second-order valence-corrected chi connectivity index (χ2v) is 12.0. The fourth-order valence-corrected chi connectivity index (χ4v) is 5.31. The number of nitro benzene ring substituents is 1. The van der Waals surface area contributed by atoms with Crippen LogP contribution < -0.4 is 26.8 Å². The number of sulfonamides is 1. The number of non-ortho nitro benzene ring substituents is 1. The van der Waals surface area contributed by atoms with Crippen molar-refractivity contribution in [3.8, 4) is 0 Å².